The van der Waals surface area contributed by atoms with Crippen molar-refractivity contribution < 1.29 is 14.2 Å². The van der Waals surface area contributed by atoms with Crippen molar-refractivity contribution >= 4 is 17.2 Å². The molecule has 4 nitrogen and oxygen atoms in total. The molecule has 5 heteroatoms. The van der Waals surface area contributed by atoms with Gasteiger partial charge in [0.15, 0.2) is 0 Å². The van der Waals surface area contributed by atoms with Crippen LogP contribution in [-0.4, -0.2) is 25.3 Å². The maximum absolute atomic E-state index is 5.83. The Labute approximate surface area is 113 Å². The zero-order chi connectivity index (χ0) is 13.5. The van der Waals surface area contributed by atoms with Crippen molar-refractivity contribution in [1.82, 2.24) is 0 Å². The van der Waals surface area contributed by atoms with Crippen LogP contribution in [0.4, 0.5) is 0 Å². The second-order valence-corrected chi connectivity index (χ2v) is 4.39. The van der Waals surface area contributed by atoms with Gasteiger partial charge in [-0.05, 0) is 6.42 Å². The Morgan fingerprint density at radius 1 is 1.17 bits per heavy atom. The predicted molar refractivity (Wildman–Crippen MR) is 75.7 cm³/mol. The first-order valence-electron chi connectivity index (χ1n) is 5.77. The molecule has 0 amide bonds. The Balaban J connectivity index is 2.84. The molecule has 0 saturated carbocycles. The summed E-state index contributed by atoms with van der Waals surface area (Å²) in [5, 5.41) is 0. The smallest absolute Gasteiger partial charge is 0.127 e. The first-order valence-corrected chi connectivity index (χ1v) is 6.17. The lowest BCUT2D eigenvalue weighted by Gasteiger charge is -2.18. The second kappa shape index (κ2) is 7.06. The first-order chi connectivity index (χ1) is 8.58. The second-order valence-electron chi connectivity index (χ2n) is 3.87. The van der Waals surface area contributed by atoms with Gasteiger partial charge in [-0.15, -0.1) is 0 Å². The maximum atomic E-state index is 5.83. The van der Waals surface area contributed by atoms with Crippen molar-refractivity contribution in [2.24, 2.45) is 5.73 Å². The average Bonchev–Trinajstić information content (AvgIpc) is 2.36. The van der Waals surface area contributed by atoms with Gasteiger partial charge in [0.2, 0.25) is 0 Å². The van der Waals surface area contributed by atoms with E-state index in [0.29, 0.717) is 28.7 Å². The summed E-state index contributed by atoms with van der Waals surface area (Å²) in [6.45, 7) is 2.03. The molecule has 100 valence electrons. The van der Waals surface area contributed by atoms with Crippen LogP contribution in [0.1, 0.15) is 19.8 Å². The fourth-order valence-corrected chi connectivity index (χ4v) is 1.72. The molecular weight excluding hydrogens is 250 g/mol. The quantitative estimate of drug-likeness (QED) is 0.771. The third-order valence-corrected chi connectivity index (χ3v) is 2.68. The summed E-state index contributed by atoms with van der Waals surface area (Å²) in [5.41, 5.74) is 5.54. The average molecular weight is 269 g/mol. The van der Waals surface area contributed by atoms with Crippen LogP contribution in [0, 0.1) is 0 Å². The number of hydrogen-bond donors (Lipinski definition) is 1. The lowest BCUT2D eigenvalue weighted by Crippen LogP contribution is -2.23. The molecule has 1 rings (SSSR count). The summed E-state index contributed by atoms with van der Waals surface area (Å²) < 4.78 is 16.2. The van der Waals surface area contributed by atoms with Gasteiger partial charge in [0.25, 0.3) is 0 Å². The lowest BCUT2D eigenvalue weighted by molar-refractivity contribution is 0.203. The Morgan fingerprint density at radius 3 is 2.06 bits per heavy atom. The van der Waals surface area contributed by atoms with Gasteiger partial charge in [-0.1, -0.05) is 19.1 Å². The topological polar surface area (TPSA) is 53.7 Å². The standard InChI is InChI=1S/C13H19NO3S/c1-4-9(8-13(14)18)17-12-6-10(15-2)5-11(7-12)16-3/h5-7,9H,4,8H2,1-3H3,(H2,14,18). The van der Waals surface area contributed by atoms with Gasteiger partial charge in [-0.2, -0.15) is 0 Å². The molecule has 0 aliphatic carbocycles. The van der Waals surface area contributed by atoms with Crippen molar-refractivity contribution in [1.29, 1.82) is 0 Å². The molecule has 0 bridgehead atoms. The van der Waals surface area contributed by atoms with Gasteiger partial charge >= 0.3 is 0 Å². The Kier molecular flexibility index (Phi) is 5.71. The van der Waals surface area contributed by atoms with E-state index in [4.69, 9.17) is 32.2 Å². The monoisotopic (exact) mass is 269 g/mol. The third kappa shape index (κ3) is 4.41. The zero-order valence-corrected chi connectivity index (χ0v) is 11.8. The van der Waals surface area contributed by atoms with Crippen molar-refractivity contribution in [2.45, 2.75) is 25.9 Å². The minimum atomic E-state index is -0.0284. The molecule has 0 aliphatic heterocycles. The van der Waals surface area contributed by atoms with Crippen LogP contribution in [0.2, 0.25) is 0 Å². The van der Waals surface area contributed by atoms with Crippen molar-refractivity contribution in [3.05, 3.63) is 18.2 Å². The SMILES string of the molecule is CCC(CC(N)=S)Oc1cc(OC)cc(OC)c1. The van der Waals surface area contributed by atoms with Gasteiger partial charge < -0.3 is 19.9 Å². The highest BCUT2D eigenvalue weighted by Gasteiger charge is 2.11. The summed E-state index contributed by atoms with van der Waals surface area (Å²) in [7, 11) is 3.20. The fraction of sp³-hybridized carbons (Fsp3) is 0.462. The first kappa shape index (κ1) is 14.6. The molecule has 1 aromatic rings. The fourth-order valence-electron chi connectivity index (χ4n) is 1.54. The molecular formula is C13H19NO3S. The summed E-state index contributed by atoms with van der Waals surface area (Å²) in [5.74, 6) is 2.07. The molecule has 0 spiro atoms. The highest BCUT2D eigenvalue weighted by Crippen LogP contribution is 2.28. The molecule has 2 N–H and O–H groups in total. The molecule has 0 heterocycles. The number of nitrogens with two attached hydrogens (primary N) is 1. The molecule has 0 saturated heterocycles. The molecule has 1 unspecified atom stereocenters. The normalized spacial score (nSPS) is 11.7. The molecule has 0 radical (unpaired) electrons. The van der Waals surface area contributed by atoms with E-state index in [2.05, 4.69) is 0 Å². The van der Waals surface area contributed by atoms with Gasteiger partial charge in [0, 0.05) is 24.6 Å². The highest BCUT2D eigenvalue weighted by molar-refractivity contribution is 7.80. The molecule has 1 atom stereocenters. The molecule has 0 aliphatic rings. The predicted octanol–water partition coefficient (Wildman–Crippen LogP) is 2.54. The number of benzene rings is 1. The van der Waals surface area contributed by atoms with Crippen LogP contribution in [-0.2, 0) is 0 Å². The van der Waals surface area contributed by atoms with Gasteiger partial charge in [0.1, 0.15) is 23.4 Å². The van der Waals surface area contributed by atoms with Crippen molar-refractivity contribution in [2.75, 3.05) is 14.2 Å². The van der Waals surface area contributed by atoms with Crippen molar-refractivity contribution in [3.8, 4) is 17.2 Å². The summed E-state index contributed by atoms with van der Waals surface area (Å²) in [4.78, 5) is 0.455. The minimum Gasteiger partial charge on any atom is -0.496 e. The van der Waals surface area contributed by atoms with E-state index in [-0.39, 0.29) is 6.10 Å². The van der Waals surface area contributed by atoms with Crippen molar-refractivity contribution in [3.63, 3.8) is 0 Å². The molecule has 18 heavy (non-hydrogen) atoms. The van der Waals surface area contributed by atoms with Crippen LogP contribution in [0.5, 0.6) is 17.2 Å². The zero-order valence-electron chi connectivity index (χ0n) is 10.9. The molecule has 0 fully saturated rings. The lowest BCUT2D eigenvalue weighted by atomic mass is 10.2. The maximum Gasteiger partial charge on any atom is 0.127 e. The van der Waals surface area contributed by atoms with Crippen LogP contribution in [0.25, 0.3) is 0 Å². The number of ether oxygens (including phenoxy) is 3. The minimum absolute atomic E-state index is 0.0284. The number of methoxy groups -OCH3 is 2. The number of rotatable bonds is 7. The summed E-state index contributed by atoms with van der Waals surface area (Å²) in [6, 6.07) is 5.41. The Hall–Kier alpha value is -1.49. The van der Waals surface area contributed by atoms with E-state index in [1.807, 2.05) is 19.1 Å². The Morgan fingerprint density at radius 2 is 1.67 bits per heavy atom. The number of hydrogen-bond acceptors (Lipinski definition) is 4. The molecule has 0 aromatic heterocycles. The molecule has 1 aromatic carbocycles. The van der Waals surface area contributed by atoms with E-state index in [1.165, 1.54) is 0 Å². The van der Waals surface area contributed by atoms with E-state index in [9.17, 15) is 0 Å². The van der Waals surface area contributed by atoms with E-state index >= 15 is 0 Å². The summed E-state index contributed by atoms with van der Waals surface area (Å²) >= 11 is 4.90. The third-order valence-electron chi connectivity index (χ3n) is 2.51. The van der Waals surface area contributed by atoms with Crippen LogP contribution >= 0.6 is 12.2 Å². The van der Waals surface area contributed by atoms with Crippen LogP contribution in [0.15, 0.2) is 18.2 Å². The van der Waals surface area contributed by atoms with Crippen LogP contribution in [0.3, 0.4) is 0 Å². The highest BCUT2D eigenvalue weighted by atomic mass is 32.1. The van der Waals surface area contributed by atoms with Gasteiger partial charge in [0.05, 0.1) is 19.2 Å². The number of thiocarbonyl (C=S) groups is 1. The van der Waals surface area contributed by atoms with E-state index < -0.39 is 0 Å². The van der Waals surface area contributed by atoms with E-state index in [0.717, 1.165) is 6.42 Å². The van der Waals surface area contributed by atoms with E-state index in [1.54, 1.807) is 20.3 Å². The summed E-state index contributed by atoms with van der Waals surface area (Å²) in [6.07, 6.45) is 1.36. The largest absolute Gasteiger partial charge is 0.496 e. The van der Waals surface area contributed by atoms with Gasteiger partial charge in [-0.3, -0.25) is 0 Å². The van der Waals surface area contributed by atoms with Crippen LogP contribution < -0.4 is 19.9 Å². The Bertz CT molecular complexity index is 387. The van der Waals surface area contributed by atoms with Gasteiger partial charge in [-0.25, -0.2) is 0 Å².